The van der Waals surface area contributed by atoms with E-state index in [1.165, 1.54) is 5.52 Å². The van der Waals surface area contributed by atoms with Gasteiger partial charge in [0, 0.05) is 19.0 Å². The fourth-order valence-electron chi connectivity index (χ4n) is 3.47. The molecule has 0 radical (unpaired) electrons. The zero-order valence-corrected chi connectivity index (χ0v) is 14.1. The van der Waals surface area contributed by atoms with Gasteiger partial charge in [-0.05, 0) is 51.9 Å². The van der Waals surface area contributed by atoms with Gasteiger partial charge in [-0.3, -0.25) is 9.69 Å². The van der Waals surface area contributed by atoms with Gasteiger partial charge in [0.2, 0.25) is 5.91 Å². The second-order valence-electron chi connectivity index (χ2n) is 6.21. The molecule has 1 fully saturated rings. The molecule has 3 rings (SSSR count). The molecule has 124 valence electrons. The van der Waals surface area contributed by atoms with Crippen molar-refractivity contribution in [1.29, 1.82) is 0 Å². The Labute approximate surface area is 137 Å². The molecule has 0 spiro atoms. The van der Waals surface area contributed by atoms with Crippen molar-refractivity contribution < 1.29 is 4.79 Å². The number of fused-ring (bicyclic) bond motifs is 1. The van der Waals surface area contributed by atoms with Crippen molar-refractivity contribution >= 4 is 16.9 Å². The average Bonchev–Trinajstić information content (AvgIpc) is 2.92. The number of benzene rings is 1. The number of carbonyl (C=O) groups excluding carboxylic acids is 1. The maximum atomic E-state index is 11.9. The molecule has 0 atom stereocenters. The smallest absolute Gasteiger partial charge is 0.223 e. The zero-order valence-electron chi connectivity index (χ0n) is 14.1. The first-order valence-electron chi connectivity index (χ1n) is 8.67. The first-order valence-corrected chi connectivity index (χ1v) is 8.67. The van der Waals surface area contributed by atoms with Gasteiger partial charge in [-0.1, -0.05) is 12.1 Å². The molecule has 23 heavy (non-hydrogen) atoms. The molecule has 1 N–H and O–H groups in total. The van der Waals surface area contributed by atoms with Crippen LogP contribution in [0.3, 0.4) is 0 Å². The minimum Gasteiger partial charge on any atom is -0.356 e. The molecule has 5 heteroatoms. The first-order chi connectivity index (χ1) is 11.2. The van der Waals surface area contributed by atoms with Crippen LogP contribution in [-0.4, -0.2) is 40.0 Å². The van der Waals surface area contributed by atoms with Crippen LogP contribution in [0.4, 0.5) is 0 Å². The lowest BCUT2D eigenvalue weighted by molar-refractivity contribution is -0.126. The average molecular weight is 314 g/mol. The molecule has 2 heterocycles. The van der Waals surface area contributed by atoms with Crippen LogP contribution in [-0.2, 0) is 17.9 Å². The van der Waals surface area contributed by atoms with E-state index in [-0.39, 0.29) is 11.8 Å². The van der Waals surface area contributed by atoms with Crippen molar-refractivity contribution in [3.8, 4) is 0 Å². The third-order valence-corrected chi connectivity index (χ3v) is 4.72. The second-order valence-corrected chi connectivity index (χ2v) is 6.21. The van der Waals surface area contributed by atoms with E-state index in [9.17, 15) is 4.79 Å². The summed E-state index contributed by atoms with van der Waals surface area (Å²) in [6.45, 7) is 8.60. The molecule has 5 nitrogen and oxygen atoms in total. The summed E-state index contributed by atoms with van der Waals surface area (Å²) in [4.78, 5) is 19.2. The number of aryl methyl sites for hydroxylation is 1. The minimum absolute atomic E-state index is 0.177. The Hall–Kier alpha value is -1.88. The monoisotopic (exact) mass is 314 g/mol. The van der Waals surface area contributed by atoms with Crippen molar-refractivity contribution in [3.63, 3.8) is 0 Å². The number of rotatable bonds is 5. The summed E-state index contributed by atoms with van der Waals surface area (Å²) in [6.07, 6.45) is 1.89. The third kappa shape index (κ3) is 3.39. The number of imidazole rings is 1. The maximum Gasteiger partial charge on any atom is 0.223 e. The number of piperidine rings is 1. The minimum atomic E-state index is 0.177. The van der Waals surface area contributed by atoms with Crippen LogP contribution in [0.25, 0.3) is 11.0 Å². The van der Waals surface area contributed by atoms with Gasteiger partial charge in [-0.25, -0.2) is 4.98 Å². The van der Waals surface area contributed by atoms with Crippen molar-refractivity contribution in [2.45, 2.75) is 39.8 Å². The fourth-order valence-corrected chi connectivity index (χ4v) is 3.47. The van der Waals surface area contributed by atoms with Gasteiger partial charge in [0.25, 0.3) is 0 Å². The predicted octanol–water partition coefficient (Wildman–Crippen LogP) is 2.40. The number of likely N-dealkylation sites (tertiary alicyclic amines) is 1. The Morgan fingerprint density at radius 1 is 1.26 bits per heavy atom. The summed E-state index contributed by atoms with van der Waals surface area (Å²) in [5.74, 6) is 1.52. The van der Waals surface area contributed by atoms with E-state index >= 15 is 0 Å². The van der Waals surface area contributed by atoms with Gasteiger partial charge in [0.1, 0.15) is 5.82 Å². The van der Waals surface area contributed by atoms with Crippen molar-refractivity contribution in [2.24, 2.45) is 5.92 Å². The number of para-hydroxylation sites is 2. The highest BCUT2D eigenvalue weighted by Crippen LogP contribution is 2.21. The van der Waals surface area contributed by atoms with E-state index in [1.807, 2.05) is 13.0 Å². The van der Waals surface area contributed by atoms with Crippen LogP contribution in [0.5, 0.6) is 0 Å². The van der Waals surface area contributed by atoms with E-state index in [0.717, 1.165) is 56.9 Å². The van der Waals surface area contributed by atoms with E-state index < -0.39 is 0 Å². The summed E-state index contributed by atoms with van der Waals surface area (Å²) in [5, 5.41) is 2.94. The molecular formula is C18H26N4O. The van der Waals surface area contributed by atoms with Crippen molar-refractivity contribution in [1.82, 2.24) is 19.8 Å². The van der Waals surface area contributed by atoms with Crippen LogP contribution < -0.4 is 5.32 Å². The van der Waals surface area contributed by atoms with Gasteiger partial charge in [0.05, 0.1) is 17.6 Å². The van der Waals surface area contributed by atoms with Crippen molar-refractivity contribution in [3.05, 3.63) is 30.1 Å². The molecular weight excluding hydrogens is 288 g/mol. The summed E-state index contributed by atoms with van der Waals surface area (Å²) >= 11 is 0. The Kier molecular flexibility index (Phi) is 4.96. The topological polar surface area (TPSA) is 50.2 Å². The molecule has 1 amide bonds. The number of nitrogens with zero attached hydrogens (tertiary/aromatic N) is 3. The quantitative estimate of drug-likeness (QED) is 0.922. The fraction of sp³-hybridized carbons (Fsp3) is 0.556. The SMILES string of the molecule is CCNC(=O)C1CCN(Cc2nc3ccccc3n2CC)CC1. The van der Waals surface area contributed by atoms with Gasteiger partial charge < -0.3 is 9.88 Å². The van der Waals surface area contributed by atoms with Crippen LogP contribution in [0.1, 0.15) is 32.5 Å². The normalized spacial score (nSPS) is 16.8. The van der Waals surface area contributed by atoms with E-state index in [1.54, 1.807) is 0 Å². The molecule has 1 aromatic heterocycles. The Bertz CT molecular complexity index is 671. The van der Waals surface area contributed by atoms with Gasteiger partial charge in [-0.2, -0.15) is 0 Å². The van der Waals surface area contributed by atoms with Crippen LogP contribution in [0.15, 0.2) is 24.3 Å². The number of hydrogen-bond acceptors (Lipinski definition) is 3. The van der Waals surface area contributed by atoms with Crippen molar-refractivity contribution in [2.75, 3.05) is 19.6 Å². The van der Waals surface area contributed by atoms with E-state index in [2.05, 4.69) is 39.9 Å². The highest BCUT2D eigenvalue weighted by atomic mass is 16.1. The predicted molar refractivity (Wildman–Crippen MR) is 92.1 cm³/mol. The maximum absolute atomic E-state index is 11.9. The first kappa shape index (κ1) is 16.0. The van der Waals surface area contributed by atoms with E-state index in [4.69, 9.17) is 4.98 Å². The van der Waals surface area contributed by atoms with Gasteiger partial charge >= 0.3 is 0 Å². The highest BCUT2D eigenvalue weighted by molar-refractivity contribution is 5.78. The summed E-state index contributed by atoms with van der Waals surface area (Å²) in [6, 6.07) is 8.32. The standard InChI is InChI=1S/C18H26N4O/c1-3-19-18(23)14-9-11-21(12-10-14)13-17-20-15-7-5-6-8-16(15)22(17)4-2/h5-8,14H,3-4,9-13H2,1-2H3,(H,19,23). The van der Waals surface area contributed by atoms with Crippen LogP contribution in [0.2, 0.25) is 0 Å². The summed E-state index contributed by atoms with van der Waals surface area (Å²) < 4.78 is 2.30. The van der Waals surface area contributed by atoms with E-state index in [0.29, 0.717) is 0 Å². The summed E-state index contributed by atoms with van der Waals surface area (Å²) in [5.41, 5.74) is 2.28. The number of amides is 1. The molecule has 0 unspecified atom stereocenters. The zero-order chi connectivity index (χ0) is 16.2. The molecule has 0 saturated carbocycles. The molecule has 0 aliphatic carbocycles. The lowest BCUT2D eigenvalue weighted by Gasteiger charge is -2.31. The molecule has 1 aromatic carbocycles. The van der Waals surface area contributed by atoms with Crippen LogP contribution in [0, 0.1) is 5.92 Å². The summed E-state index contributed by atoms with van der Waals surface area (Å²) in [7, 11) is 0. The van der Waals surface area contributed by atoms with Gasteiger partial charge in [0.15, 0.2) is 0 Å². The number of aromatic nitrogens is 2. The number of nitrogens with one attached hydrogen (secondary N) is 1. The lowest BCUT2D eigenvalue weighted by atomic mass is 9.96. The molecule has 2 aromatic rings. The highest BCUT2D eigenvalue weighted by Gasteiger charge is 2.25. The Morgan fingerprint density at radius 3 is 2.70 bits per heavy atom. The Morgan fingerprint density at radius 2 is 2.00 bits per heavy atom. The largest absolute Gasteiger partial charge is 0.356 e. The third-order valence-electron chi connectivity index (χ3n) is 4.72. The number of carbonyl (C=O) groups is 1. The second kappa shape index (κ2) is 7.13. The van der Waals surface area contributed by atoms with Gasteiger partial charge in [-0.15, -0.1) is 0 Å². The van der Waals surface area contributed by atoms with Crippen LogP contribution >= 0.6 is 0 Å². The molecule has 1 aliphatic rings. The lowest BCUT2D eigenvalue weighted by Crippen LogP contribution is -2.40. The molecule has 1 saturated heterocycles. The Balaban J connectivity index is 1.66. The molecule has 1 aliphatic heterocycles. The number of hydrogen-bond donors (Lipinski definition) is 1. The molecule has 0 bridgehead atoms.